The predicted octanol–water partition coefficient (Wildman–Crippen LogP) is 2.87. The third kappa shape index (κ3) is 2.16. The monoisotopic (exact) mass is 303 g/mol. The van der Waals surface area contributed by atoms with Gasteiger partial charge in [0.1, 0.15) is 23.1 Å². The Kier molecular flexibility index (Phi) is 3.25. The molecule has 3 rings (SSSR count). The van der Waals surface area contributed by atoms with Crippen LogP contribution in [0.15, 0.2) is 41.1 Å². The molecular formula is C15H11F2N3O2. The zero-order valence-corrected chi connectivity index (χ0v) is 11.5. The Morgan fingerprint density at radius 1 is 1.27 bits per heavy atom. The molecule has 0 saturated heterocycles. The highest BCUT2D eigenvalue weighted by Gasteiger charge is 2.21. The third-order valence-electron chi connectivity index (χ3n) is 3.29. The number of rotatable bonds is 3. The number of furan rings is 1. The number of carbonyl (C=O) groups is 1. The van der Waals surface area contributed by atoms with E-state index in [0.717, 1.165) is 16.8 Å². The Bertz CT molecular complexity index is 868. The summed E-state index contributed by atoms with van der Waals surface area (Å²) in [5.74, 6) is -1.50. The minimum Gasteiger partial charge on any atom is -0.469 e. The number of carbonyl (C=O) groups excluding carboxylic acids is 1. The van der Waals surface area contributed by atoms with Crippen molar-refractivity contribution in [3.05, 3.63) is 65.2 Å². The summed E-state index contributed by atoms with van der Waals surface area (Å²) in [5.41, 5.74) is 6.32. The van der Waals surface area contributed by atoms with Crippen LogP contribution < -0.4 is 5.73 Å². The number of aryl methyl sites for hydroxylation is 1. The molecular weight excluding hydrogens is 292 g/mol. The molecule has 7 heteroatoms. The molecule has 0 atom stereocenters. The van der Waals surface area contributed by atoms with Crippen molar-refractivity contribution >= 4 is 11.6 Å². The van der Waals surface area contributed by atoms with E-state index in [1.165, 1.54) is 24.6 Å². The number of aromatic nitrogens is 2. The number of benzene rings is 1. The van der Waals surface area contributed by atoms with Crippen LogP contribution in [0, 0.1) is 18.6 Å². The van der Waals surface area contributed by atoms with E-state index in [4.69, 9.17) is 10.2 Å². The van der Waals surface area contributed by atoms with E-state index in [2.05, 4.69) is 5.10 Å². The number of halogens is 2. The summed E-state index contributed by atoms with van der Waals surface area (Å²) < 4.78 is 32.9. The SMILES string of the molecule is Cc1occc1C(=O)c1cnn(-c2ccc(F)cc2F)c1N. The van der Waals surface area contributed by atoms with Crippen molar-refractivity contribution in [1.82, 2.24) is 9.78 Å². The first-order chi connectivity index (χ1) is 10.5. The van der Waals surface area contributed by atoms with E-state index in [9.17, 15) is 13.6 Å². The third-order valence-corrected chi connectivity index (χ3v) is 3.29. The molecule has 0 fully saturated rings. The van der Waals surface area contributed by atoms with Crippen LogP contribution in [0.25, 0.3) is 5.69 Å². The lowest BCUT2D eigenvalue weighted by molar-refractivity contribution is 0.103. The van der Waals surface area contributed by atoms with Crippen LogP contribution in [0.1, 0.15) is 21.7 Å². The summed E-state index contributed by atoms with van der Waals surface area (Å²) in [6, 6.07) is 4.53. The maximum Gasteiger partial charge on any atom is 0.201 e. The van der Waals surface area contributed by atoms with Crippen LogP contribution in [-0.4, -0.2) is 15.6 Å². The molecule has 0 bridgehead atoms. The average Bonchev–Trinajstić information content (AvgIpc) is 3.05. The van der Waals surface area contributed by atoms with Crippen molar-refractivity contribution in [2.24, 2.45) is 0 Å². The summed E-state index contributed by atoms with van der Waals surface area (Å²) in [5, 5.41) is 3.91. The van der Waals surface area contributed by atoms with Crippen molar-refractivity contribution in [2.45, 2.75) is 6.92 Å². The van der Waals surface area contributed by atoms with Gasteiger partial charge in [-0.3, -0.25) is 4.79 Å². The van der Waals surface area contributed by atoms with Gasteiger partial charge < -0.3 is 10.2 Å². The van der Waals surface area contributed by atoms with Crippen molar-refractivity contribution in [3.63, 3.8) is 0 Å². The molecule has 2 N–H and O–H groups in total. The molecule has 1 aromatic carbocycles. The molecule has 0 saturated carbocycles. The molecule has 0 spiro atoms. The number of nitrogen functional groups attached to an aromatic ring is 1. The van der Waals surface area contributed by atoms with Crippen LogP contribution in [0.5, 0.6) is 0 Å². The van der Waals surface area contributed by atoms with E-state index in [-0.39, 0.29) is 22.9 Å². The molecule has 2 heterocycles. The highest BCUT2D eigenvalue weighted by molar-refractivity contribution is 6.12. The van der Waals surface area contributed by atoms with E-state index in [0.29, 0.717) is 11.3 Å². The van der Waals surface area contributed by atoms with Gasteiger partial charge in [-0.15, -0.1) is 0 Å². The first-order valence-corrected chi connectivity index (χ1v) is 6.36. The summed E-state index contributed by atoms with van der Waals surface area (Å²) >= 11 is 0. The molecule has 0 amide bonds. The number of nitrogens with two attached hydrogens (primary N) is 1. The highest BCUT2D eigenvalue weighted by atomic mass is 19.1. The Hall–Kier alpha value is -2.96. The summed E-state index contributed by atoms with van der Waals surface area (Å²) in [7, 11) is 0. The predicted molar refractivity (Wildman–Crippen MR) is 74.8 cm³/mol. The number of anilines is 1. The largest absolute Gasteiger partial charge is 0.469 e. The fraction of sp³-hybridized carbons (Fsp3) is 0.0667. The zero-order valence-electron chi connectivity index (χ0n) is 11.5. The van der Waals surface area contributed by atoms with Gasteiger partial charge in [0.05, 0.1) is 23.6 Å². The topological polar surface area (TPSA) is 74.0 Å². The number of ketones is 1. The second-order valence-corrected chi connectivity index (χ2v) is 4.67. The Morgan fingerprint density at radius 3 is 2.68 bits per heavy atom. The van der Waals surface area contributed by atoms with E-state index >= 15 is 0 Å². The van der Waals surface area contributed by atoms with Crippen LogP contribution in [0.4, 0.5) is 14.6 Å². The standard InChI is InChI=1S/C15H11F2N3O2/c1-8-10(4-5-22-8)14(21)11-7-19-20(15(11)18)13-3-2-9(16)6-12(13)17/h2-7H,18H2,1H3. The van der Waals surface area contributed by atoms with Gasteiger partial charge in [0, 0.05) is 6.07 Å². The maximum absolute atomic E-state index is 13.8. The van der Waals surface area contributed by atoms with Crippen molar-refractivity contribution in [3.8, 4) is 5.69 Å². The van der Waals surface area contributed by atoms with Gasteiger partial charge in [0.15, 0.2) is 5.82 Å². The lowest BCUT2D eigenvalue weighted by Crippen LogP contribution is -2.08. The second kappa shape index (κ2) is 5.10. The smallest absolute Gasteiger partial charge is 0.201 e. The molecule has 0 unspecified atom stereocenters. The van der Waals surface area contributed by atoms with Gasteiger partial charge in [0.2, 0.25) is 5.78 Å². The van der Waals surface area contributed by atoms with Gasteiger partial charge in [-0.1, -0.05) is 0 Å². The second-order valence-electron chi connectivity index (χ2n) is 4.67. The van der Waals surface area contributed by atoms with E-state index in [1.807, 2.05) is 0 Å². The fourth-order valence-electron chi connectivity index (χ4n) is 2.14. The molecule has 0 aliphatic heterocycles. The lowest BCUT2D eigenvalue weighted by atomic mass is 10.1. The summed E-state index contributed by atoms with van der Waals surface area (Å²) in [4.78, 5) is 12.4. The summed E-state index contributed by atoms with van der Waals surface area (Å²) in [6.07, 6.45) is 2.63. The zero-order chi connectivity index (χ0) is 15.9. The van der Waals surface area contributed by atoms with Crippen LogP contribution >= 0.6 is 0 Å². The quantitative estimate of drug-likeness (QED) is 0.755. The average molecular weight is 303 g/mol. The first-order valence-electron chi connectivity index (χ1n) is 6.36. The van der Waals surface area contributed by atoms with Gasteiger partial charge in [-0.25, -0.2) is 13.5 Å². The summed E-state index contributed by atoms with van der Waals surface area (Å²) in [6.45, 7) is 1.65. The molecule has 0 radical (unpaired) electrons. The van der Waals surface area contributed by atoms with Crippen LogP contribution in [-0.2, 0) is 0 Å². The minimum atomic E-state index is -0.826. The van der Waals surface area contributed by atoms with Gasteiger partial charge in [0.25, 0.3) is 0 Å². The van der Waals surface area contributed by atoms with Crippen LogP contribution in [0.2, 0.25) is 0 Å². The molecule has 3 aromatic rings. The first kappa shape index (κ1) is 14.0. The normalized spacial score (nSPS) is 10.9. The maximum atomic E-state index is 13.8. The Labute approximate surface area is 124 Å². The number of nitrogens with zero attached hydrogens (tertiary/aromatic N) is 2. The fourth-order valence-corrected chi connectivity index (χ4v) is 2.14. The van der Waals surface area contributed by atoms with Crippen molar-refractivity contribution < 1.29 is 18.0 Å². The number of hydrogen-bond acceptors (Lipinski definition) is 4. The van der Waals surface area contributed by atoms with E-state index < -0.39 is 11.6 Å². The van der Waals surface area contributed by atoms with Crippen molar-refractivity contribution in [2.75, 3.05) is 5.73 Å². The molecule has 112 valence electrons. The molecule has 0 aliphatic rings. The minimum absolute atomic E-state index is 0.0314. The number of hydrogen-bond donors (Lipinski definition) is 1. The molecule has 2 aromatic heterocycles. The van der Waals surface area contributed by atoms with Gasteiger partial charge >= 0.3 is 0 Å². The Morgan fingerprint density at radius 2 is 2.05 bits per heavy atom. The van der Waals surface area contributed by atoms with Gasteiger partial charge in [-0.2, -0.15) is 5.10 Å². The van der Waals surface area contributed by atoms with Crippen molar-refractivity contribution in [1.29, 1.82) is 0 Å². The Balaban J connectivity index is 2.06. The molecule has 0 aliphatic carbocycles. The highest BCUT2D eigenvalue weighted by Crippen LogP contribution is 2.23. The lowest BCUT2D eigenvalue weighted by Gasteiger charge is -2.06. The van der Waals surface area contributed by atoms with E-state index in [1.54, 1.807) is 6.92 Å². The molecule has 22 heavy (non-hydrogen) atoms. The van der Waals surface area contributed by atoms with Gasteiger partial charge in [-0.05, 0) is 25.1 Å². The van der Waals surface area contributed by atoms with Crippen LogP contribution in [0.3, 0.4) is 0 Å². The molecule has 5 nitrogen and oxygen atoms in total.